The summed E-state index contributed by atoms with van der Waals surface area (Å²) in [6.45, 7) is 2.83. The van der Waals surface area contributed by atoms with Crippen LogP contribution >= 0.6 is 0 Å². The largest absolute Gasteiger partial charge is 0.417 e. The van der Waals surface area contributed by atoms with Crippen molar-refractivity contribution in [2.45, 2.75) is 43.9 Å². The van der Waals surface area contributed by atoms with Crippen molar-refractivity contribution in [1.29, 1.82) is 0 Å². The zero-order valence-electron chi connectivity index (χ0n) is 15.9. The molecule has 3 rings (SSSR count). The van der Waals surface area contributed by atoms with Crippen LogP contribution in [0.4, 0.5) is 27.8 Å². The number of piperazine rings is 1. The van der Waals surface area contributed by atoms with Crippen LogP contribution < -0.4 is 10.6 Å². The highest BCUT2D eigenvalue weighted by Crippen LogP contribution is 2.46. The summed E-state index contributed by atoms with van der Waals surface area (Å²) in [5, 5.41) is 0. The zero-order chi connectivity index (χ0) is 21.4. The smallest absolute Gasteiger partial charge is 0.379 e. The number of pyridine rings is 1. The number of hydrogen-bond acceptors (Lipinski definition) is 5. The molecule has 29 heavy (non-hydrogen) atoms. The van der Waals surface area contributed by atoms with E-state index in [2.05, 4.69) is 4.98 Å². The molecule has 1 aromatic heterocycles. The number of nitrogens with two attached hydrogens (primary N) is 1. The van der Waals surface area contributed by atoms with Crippen LogP contribution in [0.5, 0.6) is 0 Å². The number of carbonyl (C=O) groups excluding carboxylic acids is 1. The van der Waals surface area contributed by atoms with E-state index < -0.39 is 35.7 Å². The van der Waals surface area contributed by atoms with Crippen molar-refractivity contribution in [3.8, 4) is 0 Å². The first-order chi connectivity index (χ1) is 13.5. The third-order valence-corrected chi connectivity index (χ3v) is 5.03. The monoisotopic (exact) mass is 422 g/mol. The van der Waals surface area contributed by atoms with E-state index in [1.807, 2.05) is 0 Å². The average Bonchev–Trinajstić information content (AvgIpc) is 2.63. The summed E-state index contributed by atoms with van der Waals surface area (Å²) in [4.78, 5) is 19.1. The van der Waals surface area contributed by atoms with Gasteiger partial charge < -0.3 is 20.3 Å². The highest BCUT2D eigenvalue weighted by Gasteiger charge is 2.48. The van der Waals surface area contributed by atoms with Gasteiger partial charge in [0.2, 0.25) is 5.91 Å². The maximum absolute atomic E-state index is 14.6. The summed E-state index contributed by atoms with van der Waals surface area (Å²) >= 11 is 0. The van der Waals surface area contributed by atoms with Crippen LogP contribution in [0.25, 0.3) is 0 Å². The van der Waals surface area contributed by atoms with Crippen LogP contribution in [-0.2, 0) is 21.6 Å². The Morgan fingerprint density at radius 1 is 1.41 bits per heavy atom. The van der Waals surface area contributed by atoms with Gasteiger partial charge in [0.25, 0.3) is 5.92 Å². The van der Waals surface area contributed by atoms with E-state index in [-0.39, 0.29) is 50.4 Å². The number of carbonyl (C=O) groups is 1. The first-order valence-electron chi connectivity index (χ1n) is 9.32. The fraction of sp³-hybridized carbons (Fsp3) is 0.667. The molecule has 0 bridgehead atoms. The molecular formula is C18H23F5N4O2. The fourth-order valence-electron chi connectivity index (χ4n) is 3.64. The van der Waals surface area contributed by atoms with Crippen molar-refractivity contribution in [2.75, 3.05) is 37.7 Å². The van der Waals surface area contributed by atoms with E-state index in [9.17, 15) is 26.7 Å². The summed E-state index contributed by atoms with van der Waals surface area (Å²) in [6, 6.07) is -0.390. The molecule has 1 amide bonds. The molecule has 0 radical (unpaired) electrons. The predicted molar refractivity (Wildman–Crippen MR) is 94.5 cm³/mol. The number of rotatable bonds is 5. The Balaban J connectivity index is 1.70. The average molecular weight is 422 g/mol. The molecule has 6 nitrogen and oxygen atoms in total. The molecule has 2 atom stereocenters. The molecule has 0 aromatic carbocycles. The zero-order valence-corrected chi connectivity index (χ0v) is 15.9. The molecule has 1 aromatic rings. The lowest BCUT2D eigenvalue weighted by molar-refractivity contribution is -0.138. The van der Waals surface area contributed by atoms with Gasteiger partial charge in [-0.15, -0.1) is 0 Å². The molecule has 0 aliphatic carbocycles. The molecule has 0 saturated carbocycles. The summed E-state index contributed by atoms with van der Waals surface area (Å²) < 4.78 is 73.2. The van der Waals surface area contributed by atoms with Crippen molar-refractivity contribution in [1.82, 2.24) is 9.88 Å². The van der Waals surface area contributed by atoms with Crippen molar-refractivity contribution < 1.29 is 31.5 Å². The second-order valence-electron chi connectivity index (χ2n) is 7.49. The Hall–Kier alpha value is -2.01. The predicted octanol–water partition coefficient (Wildman–Crippen LogP) is 2.37. The lowest BCUT2D eigenvalue weighted by Gasteiger charge is -2.47. The number of aromatic nitrogens is 1. The first-order valence-corrected chi connectivity index (χ1v) is 9.32. The molecule has 1 saturated heterocycles. The molecule has 11 heteroatoms. The SMILES string of the molecule is C[C@@H](N)COCCC(=O)N1CCN2c3ncc(C(F)(F)F)cc3C(F)(F)CC2C1. The number of nitrogens with zero attached hydrogens (tertiary/aromatic N) is 3. The lowest BCUT2D eigenvalue weighted by Crippen LogP contribution is -2.58. The number of anilines is 1. The minimum atomic E-state index is -4.75. The third-order valence-electron chi connectivity index (χ3n) is 5.03. The second-order valence-corrected chi connectivity index (χ2v) is 7.49. The van der Waals surface area contributed by atoms with Gasteiger partial charge in [0.15, 0.2) is 0 Å². The molecule has 2 aliphatic rings. The molecule has 2 aliphatic heterocycles. The second kappa shape index (κ2) is 8.02. The molecule has 0 spiro atoms. The van der Waals surface area contributed by atoms with Crippen molar-refractivity contribution in [2.24, 2.45) is 5.73 Å². The van der Waals surface area contributed by atoms with Crippen LogP contribution in [0.1, 0.15) is 30.9 Å². The van der Waals surface area contributed by atoms with E-state index in [0.29, 0.717) is 18.9 Å². The summed E-state index contributed by atoms with van der Waals surface area (Å²) in [6.07, 6.45) is -4.73. The molecule has 3 heterocycles. The summed E-state index contributed by atoms with van der Waals surface area (Å²) in [5.74, 6) is -3.83. The van der Waals surface area contributed by atoms with Gasteiger partial charge in [-0.05, 0) is 13.0 Å². The van der Waals surface area contributed by atoms with Gasteiger partial charge in [-0.3, -0.25) is 4.79 Å². The van der Waals surface area contributed by atoms with E-state index in [0.717, 1.165) is 0 Å². The standard InChI is InChI=1S/C18H23F5N4O2/c1-11(24)10-29-5-2-15(28)26-3-4-27-13(9-26)7-17(19,20)14-6-12(18(21,22)23)8-25-16(14)27/h6,8,11,13H,2-5,7,9-10,24H2,1H3/t11-,13?/m1/s1. The van der Waals surface area contributed by atoms with Crippen LogP contribution in [0.3, 0.4) is 0 Å². The highest BCUT2D eigenvalue weighted by molar-refractivity contribution is 5.76. The van der Waals surface area contributed by atoms with Gasteiger partial charge in [0.1, 0.15) is 5.82 Å². The number of halogens is 5. The van der Waals surface area contributed by atoms with Crippen molar-refractivity contribution in [3.05, 3.63) is 23.4 Å². The fourth-order valence-corrected chi connectivity index (χ4v) is 3.64. The van der Waals surface area contributed by atoms with E-state index in [1.54, 1.807) is 11.8 Å². The maximum atomic E-state index is 14.6. The normalized spacial score (nSPS) is 22.1. The van der Waals surface area contributed by atoms with Crippen molar-refractivity contribution in [3.63, 3.8) is 0 Å². The Kier molecular flexibility index (Phi) is 6.00. The van der Waals surface area contributed by atoms with Gasteiger partial charge >= 0.3 is 6.18 Å². The Morgan fingerprint density at radius 2 is 2.14 bits per heavy atom. The summed E-state index contributed by atoms with van der Waals surface area (Å²) in [5.41, 5.74) is 3.64. The Labute approximate surface area is 164 Å². The maximum Gasteiger partial charge on any atom is 0.417 e. The molecule has 1 unspecified atom stereocenters. The first kappa shape index (κ1) is 21.7. The highest BCUT2D eigenvalue weighted by atomic mass is 19.4. The number of amides is 1. The number of hydrogen-bond donors (Lipinski definition) is 1. The number of fused-ring (bicyclic) bond motifs is 3. The van der Waals surface area contributed by atoms with Gasteiger partial charge in [-0.1, -0.05) is 0 Å². The van der Waals surface area contributed by atoms with Gasteiger partial charge in [-0.2, -0.15) is 13.2 Å². The topological polar surface area (TPSA) is 71.7 Å². The molecule has 2 N–H and O–H groups in total. The van der Waals surface area contributed by atoms with Gasteiger partial charge in [0, 0.05) is 38.3 Å². The minimum Gasteiger partial charge on any atom is -0.379 e. The molecule has 1 fully saturated rings. The van der Waals surface area contributed by atoms with Crippen LogP contribution in [0, 0.1) is 0 Å². The van der Waals surface area contributed by atoms with E-state index in [4.69, 9.17) is 10.5 Å². The van der Waals surface area contributed by atoms with E-state index in [1.165, 1.54) is 4.90 Å². The van der Waals surface area contributed by atoms with Crippen molar-refractivity contribution >= 4 is 11.7 Å². The molecular weight excluding hydrogens is 399 g/mol. The minimum absolute atomic E-state index is 0.0594. The lowest BCUT2D eigenvalue weighted by atomic mass is 9.92. The van der Waals surface area contributed by atoms with Gasteiger partial charge in [0.05, 0.1) is 36.8 Å². The summed E-state index contributed by atoms with van der Waals surface area (Å²) in [7, 11) is 0. The van der Waals surface area contributed by atoms with E-state index >= 15 is 0 Å². The number of ether oxygens (including phenoxy) is 1. The quantitative estimate of drug-likeness (QED) is 0.583. The Morgan fingerprint density at radius 3 is 2.79 bits per heavy atom. The van der Waals surface area contributed by atoms with Crippen LogP contribution in [0.15, 0.2) is 12.3 Å². The number of alkyl halides is 5. The third kappa shape index (κ3) is 4.77. The van der Waals surface area contributed by atoms with Crippen LogP contribution in [0.2, 0.25) is 0 Å². The molecule has 162 valence electrons. The van der Waals surface area contributed by atoms with Gasteiger partial charge in [-0.25, -0.2) is 13.8 Å². The Bertz CT molecular complexity index is 756. The van der Waals surface area contributed by atoms with Crippen LogP contribution in [-0.4, -0.2) is 60.7 Å².